The van der Waals surface area contributed by atoms with Crippen LogP contribution in [0, 0.1) is 0 Å². The average molecular weight is 375 g/mol. The predicted octanol–water partition coefficient (Wildman–Crippen LogP) is 6.15. The summed E-state index contributed by atoms with van der Waals surface area (Å²) in [7, 11) is 0. The van der Waals surface area contributed by atoms with Crippen molar-refractivity contribution in [1.29, 1.82) is 0 Å². The van der Waals surface area contributed by atoms with Gasteiger partial charge in [0.05, 0.1) is 10.9 Å². The van der Waals surface area contributed by atoms with E-state index in [1.807, 2.05) is 84.9 Å². The van der Waals surface area contributed by atoms with Gasteiger partial charge in [0.25, 0.3) is 0 Å². The van der Waals surface area contributed by atoms with E-state index in [2.05, 4.69) is 27.1 Å². The fourth-order valence-electron chi connectivity index (χ4n) is 3.19. The van der Waals surface area contributed by atoms with Crippen LogP contribution in [-0.4, -0.2) is 15.0 Å². The van der Waals surface area contributed by atoms with Gasteiger partial charge >= 0.3 is 0 Å². The normalized spacial score (nSPS) is 10.8. The molecule has 0 radical (unpaired) electrons. The van der Waals surface area contributed by atoms with E-state index in [-0.39, 0.29) is 0 Å². The summed E-state index contributed by atoms with van der Waals surface area (Å²) in [5.41, 5.74) is 3.84. The molecule has 0 N–H and O–H groups in total. The minimum absolute atomic E-state index is 0.517. The molecule has 4 heteroatoms. The van der Waals surface area contributed by atoms with Crippen molar-refractivity contribution in [2.45, 2.75) is 0 Å². The largest absolute Gasteiger partial charge is 0.438 e. The molecule has 0 amide bonds. The van der Waals surface area contributed by atoms with Gasteiger partial charge in [-0.3, -0.25) is 4.98 Å². The number of pyridine rings is 1. The minimum Gasteiger partial charge on any atom is -0.438 e. The fraction of sp³-hybridized carbons (Fsp3) is 0. The Kier molecular flexibility index (Phi) is 4.43. The predicted molar refractivity (Wildman–Crippen MR) is 115 cm³/mol. The van der Waals surface area contributed by atoms with Crippen LogP contribution in [0.2, 0.25) is 0 Å². The third kappa shape index (κ3) is 3.56. The molecule has 0 unspecified atom stereocenters. The Morgan fingerprint density at radius 3 is 2.10 bits per heavy atom. The van der Waals surface area contributed by atoms with Crippen LogP contribution in [0.3, 0.4) is 0 Å². The summed E-state index contributed by atoms with van der Waals surface area (Å²) < 4.78 is 6.17. The van der Waals surface area contributed by atoms with E-state index in [1.165, 1.54) is 5.56 Å². The molecule has 0 saturated carbocycles. The van der Waals surface area contributed by atoms with Crippen molar-refractivity contribution in [3.63, 3.8) is 0 Å². The standard InChI is InChI=1S/C25H17N3O/c1-2-8-18(9-3-1)19-13-15-20(16-14-19)29-25-21-10-4-5-11-22(21)27-24(28-25)23-12-6-7-17-26-23/h1-17H. The molecule has 2 aromatic heterocycles. The Hall–Kier alpha value is -4.05. The first-order valence-corrected chi connectivity index (χ1v) is 9.38. The van der Waals surface area contributed by atoms with Crippen LogP contribution in [0.15, 0.2) is 103 Å². The summed E-state index contributed by atoms with van der Waals surface area (Å²) in [5.74, 6) is 1.78. The van der Waals surface area contributed by atoms with Crippen molar-refractivity contribution < 1.29 is 4.74 Å². The van der Waals surface area contributed by atoms with E-state index in [9.17, 15) is 0 Å². The lowest BCUT2D eigenvalue weighted by Gasteiger charge is -2.10. The lowest BCUT2D eigenvalue weighted by molar-refractivity contribution is 0.469. The Morgan fingerprint density at radius 1 is 0.586 bits per heavy atom. The fourth-order valence-corrected chi connectivity index (χ4v) is 3.19. The zero-order chi connectivity index (χ0) is 19.5. The molecule has 0 saturated heterocycles. The van der Waals surface area contributed by atoms with Gasteiger partial charge in [0.1, 0.15) is 11.4 Å². The second-order valence-electron chi connectivity index (χ2n) is 6.58. The summed E-state index contributed by atoms with van der Waals surface area (Å²) in [4.78, 5) is 13.7. The number of benzene rings is 3. The third-order valence-electron chi connectivity index (χ3n) is 4.64. The summed E-state index contributed by atoms with van der Waals surface area (Å²) in [6.45, 7) is 0. The van der Waals surface area contributed by atoms with Crippen molar-refractivity contribution in [3.05, 3.63) is 103 Å². The molecule has 0 spiro atoms. The maximum Gasteiger partial charge on any atom is 0.230 e. The van der Waals surface area contributed by atoms with Crippen molar-refractivity contribution in [2.24, 2.45) is 0 Å². The van der Waals surface area contributed by atoms with Gasteiger partial charge in [0, 0.05) is 6.20 Å². The van der Waals surface area contributed by atoms with E-state index in [4.69, 9.17) is 4.74 Å². The van der Waals surface area contributed by atoms with Crippen LogP contribution in [0.4, 0.5) is 0 Å². The Balaban J connectivity index is 1.53. The summed E-state index contributed by atoms with van der Waals surface area (Å²) >= 11 is 0. The number of ether oxygens (including phenoxy) is 1. The van der Waals surface area contributed by atoms with Crippen LogP contribution >= 0.6 is 0 Å². The lowest BCUT2D eigenvalue weighted by atomic mass is 10.1. The quantitative estimate of drug-likeness (QED) is 0.378. The molecule has 0 atom stereocenters. The molecule has 0 aliphatic rings. The van der Waals surface area contributed by atoms with Gasteiger partial charge in [-0.05, 0) is 47.5 Å². The summed E-state index contributed by atoms with van der Waals surface area (Å²) in [6.07, 6.45) is 1.73. The van der Waals surface area contributed by atoms with Crippen LogP contribution < -0.4 is 4.74 Å². The van der Waals surface area contributed by atoms with E-state index in [1.54, 1.807) is 6.20 Å². The van der Waals surface area contributed by atoms with Crippen molar-refractivity contribution in [2.75, 3.05) is 0 Å². The molecule has 0 fully saturated rings. The maximum atomic E-state index is 6.17. The number of hydrogen-bond donors (Lipinski definition) is 0. The van der Waals surface area contributed by atoms with Gasteiger partial charge in [-0.2, -0.15) is 4.98 Å². The van der Waals surface area contributed by atoms with Gasteiger partial charge in [-0.1, -0.05) is 60.7 Å². The Morgan fingerprint density at radius 2 is 1.31 bits per heavy atom. The number of para-hydroxylation sites is 1. The van der Waals surface area contributed by atoms with E-state index in [0.29, 0.717) is 17.4 Å². The summed E-state index contributed by atoms with van der Waals surface area (Å²) in [6, 6.07) is 31.8. The van der Waals surface area contributed by atoms with Gasteiger partial charge < -0.3 is 4.74 Å². The highest BCUT2D eigenvalue weighted by molar-refractivity contribution is 5.85. The highest BCUT2D eigenvalue weighted by Crippen LogP contribution is 2.30. The molecule has 5 aromatic rings. The zero-order valence-electron chi connectivity index (χ0n) is 15.6. The number of fused-ring (bicyclic) bond motifs is 1. The van der Waals surface area contributed by atoms with E-state index >= 15 is 0 Å². The second-order valence-corrected chi connectivity index (χ2v) is 6.58. The molecule has 3 aromatic carbocycles. The molecular weight excluding hydrogens is 358 g/mol. The van der Waals surface area contributed by atoms with Crippen LogP contribution in [0.1, 0.15) is 0 Å². The molecule has 0 aliphatic heterocycles. The van der Waals surface area contributed by atoms with Crippen LogP contribution in [0.25, 0.3) is 33.5 Å². The molecule has 138 valence electrons. The lowest BCUT2D eigenvalue weighted by Crippen LogP contribution is -1.97. The number of rotatable bonds is 4. The smallest absolute Gasteiger partial charge is 0.230 e. The van der Waals surface area contributed by atoms with E-state index < -0.39 is 0 Å². The van der Waals surface area contributed by atoms with Gasteiger partial charge in [-0.15, -0.1) is 0 Å². The van der Waals surface area contributed by atoms with Gasteiger partial charge in [0.15, 0.2) is 5.82 Å². The highest BCUT2D eigenvalue weighted by atomic mass is 16.5. The van der Waals surface area contributed by atoms with Crippen LogP contribution in [-0.2, 0) is 0 Å². The minimum atomic E-state index is 0.517. The molecule has 2 heterocycles. The monoisotopic (exact) mass is 375 g/mol. The summed E-state index contributed by atoms with van der Waals surface area (Å²) in [5, 5.41) is 0.860. The highest BCUT2D eigenvalue weighted by Gasteiger charge is 2.12. The third-order valence-corrected chi connectivity index (χ3v) is 4.64. The van der Waals surface area contributed by atoms with Crippen molar-refractivity contribution in [3.8, 4) is 34.3 Å². The number of aromatic nitrogens is 3. The number of nitrogens with zero attached hydrogens (tertiary/aromatic N) is 3. The second kappa shape index (κ2) is 7.52. The number of hydrogen-bond acceptors (Lipinski definition) is 4. The molecule has 29 heavy (non-hydrogen) atoms. The first-order chi connectivity index (χ1) is 14.4. The Bertz CT molecular complexity index is 1250. The molecular formula is C25H17N3O. The molecule has 5 rings (SSSR count). The van der Waals surface area contributed by atoms with Crippen molar-refractivity contribution >= 4 is 10.9 Å². The molecule has 0 bridgehead atoms. The maximum absolute atomic E-state index is 6.17. The zero-order valence-corrected chi connectivity index (χ0v) is 15.6. The van der Waals surface area contributed by atoms with Crippen molar-refractivity contribution in [1.82, 2.24) is 15.0 Å². The Labute approximate surface area is 168 Å². The average Bonchev–Trinajstić information content (AvgIpc) is 2.81. The van der Waals surface area contributed by atoms with Gasteiger partial charge in [0.2, 0.25) is 5.88 Å². The van der Waals surface area contributed by atoms with Gasteiger partial charge in [-0.25, -0.2) is 4.98 Å². The van der Waals surface area contributed by atoms with E-state index in [0.717, 1.165) is 22.2 Å². The topological polar surface area (TPSA) is 47.9 Å². The first kappa shape index (κ1) is 17.1. The SMILES string of the molecule is c1ccc(-c2ccc(Oc3nc(-c4ccccn4)nc4ccccc34)cc2)cc1. The van der Waals surface area contributed by atoms with Crippen LogP contribution in [0.5, 0.6) is 11.6 Å². The molecule has 0 aliphatic carbocycles. The first-order valence-electron chi connectivity index (χ1n) is 9.38. The molecule has 4 nitrogen and oxygen atoms in total.